The maximum Gasteiger partial charge on any atom is 0.0718 e. The molecule has 0 bridgehead atoms. The fraction of sp³-hybridized carbons (Fsp3) is 0.368. The van der Waals surface area contributed by atoms with Gasteiger partial charge in [0, 0.05) is 13.1 Å². The van der Waals surface area contributed by atoms with E-state index in [-0.39, 0.29) is 0 Å². The van der Waals surface area contributed by atoms with Gasteiger partial charge in [0.1, 0.15) is 0 Å². The number of nitrogens with zero attached hydrogens (tertiary/aromatic N) is 1. The van der Waals surface area contributed by atoms with Crippen LogP contribution in [0.4, 0.5) is 0 Å². The first-order valence-corrected chi connectivity index (χ1v) is 7.57. The van der Waals surface area contributed by atoms with E-state index in [1.54, 1.807) is 0 Å². The van der Waals surface area contributed by atoms with E-state index >= 15 is 0 Å². The Balaban J connectivity index is 2.05. The second-order valence-electron chi connectivity index (χ2n) is 6.18. The zero-order valence-corrected chi connectivity index (χ0v) is 13.2. The highest BCUT2D eigenvalue weighted by Crippen LogP contribution is 2.20. The van der Waals surface area contributed by atoms with E-state index in [2.05, 4.69) is 60.4 Å². The van der Waals surface area contributed by atoms with Crippen molar-refractivity contribution in [1.29, 1.82) is 0 Å². The molecule has 2 aromatic rings. The summed E-state index contributed by atoms with van der Waals surface area (Å²) in [6, 6.07) is 19.1. The van der Waals surface area contributed by atoms with E-state index in [0.717, 1.165) is 13.1 Å². The molecule has 2 aromatic carbocycles. The van der Waals surface area contributed by atoms with Gasteiger partial charge in [0.15, 0.2) is 0 Å². The van der Waals surface area contributed by atoms with E-state index in [0.29, 0.717) is 6.54 Å². The van der Waals surface area contributed by atoms with Crippen LogP contribution >= 0.6 is 0 Å². The first-order chi connectivity index (χ1) is 9.98. The number of aliphatic hydroxyl groups is 1. The molecule has 0 atom stereocenters. The van der Waals surface area contributed by atoms with Crippen molar-refractivity contribution in [2.24, 2.45) is 0 Å². The molecule has 0 heterocycles. The summed E-state index contributed by atoms with van der Waals surface area (Å²) in [7, 11) is 0. The second kappa shape index (κ2) is 6.88. The van der Waals surface area contributed by atoms with Crippen molar-refractivity contribution >= 4 is 0 Å². The lowest BCUT2D eigenvalue weighted by Gasteiger charge is -2.28. The summed E-state index contributed by atoms with van der Waals surface area (Å²) < 4.78 is 0. The molecule has 0 spiro atoms. The molecular formula is C19H25NO. The van der Waals surface area contributed by atoms with Crippen LogP contribution in [0.2, 0.25) is 0 Å². The van der Waals surface area contributed by atoms with Gasteiger partial charge in [-0.15, -0.1) is 0 Å². The van der Waals surface area contributed by atoms with Gasteiger partial charge in [-0.05, 0) is 37.1 Å². The summed E-state index contributed by atoms with van der Waals surface area (Å²) in [5.41, 5.74) is 3.11. The van der Waals surface area contributed by atoms with Crippen LogP contribution < -0.4 is 0 Å². The molecule has 2 nitrogen and oxygen atoms in total. The standard InChI is InChI=1S/C19H25NO/c1-4-20(15-19(2,3)21)14-16-10-12-18(13-11-16)17-8-6-5-7-9-17/h5-13,21H,4,14-15H2,1-3H3. The number of hydrogen-bond donors (Lipinski definition) is 1. The van der Waals surface area contributed by atoms with E-state index in [1.807, 2.05) is 19.9 Å². The number of rotatable bonds is 6. The Labute approximate surface area is 128 Å². The van der Waals surface area contributed by atoms with Gasteiger partial charge in [-0.1, -0.05) is 61.5 Å². The highest BCUT2D eigenvalue weighted by molar-refractivity contribution is 5.63. The van der Waals surface area contributed by atoms with Crippen molar-refractivity contribution in [1.82, 2.24) is 4.90 Å². The average Bonchev–Trinajstić information content (AvgIpc) is 2.47. The summed E-state index contributed by atoms with van der Waals surface area (Å²) in [6.45, 7) is 8.33. The maximum atomic E-state index is 9.95. The van der Waals surface area contributed by atoms with Crippen molar-refractivity contribution in [2.75, 3.05) is 13.1 Å². The van der Waals surface area contributed by atoms with Crippen LogP contribution in [0.3, 0.4) is 0 Å². The Bertz CT molecular complexity index is 540. The largest absolute Gasteiger partial charge is 0.389 e. The van der Waals surface area contributed by atoms with Gasteiger partial charge in [0.25, 0.3) is 0 Å². The lowest BCUT2D eigenvalue weighted by molar-refractivity contribution is 0.0353. The van der Waals surface area contributed by atoms with Gasteiger partial charge in [-0.2, -0.15) is 0 Å². The number of likely N-dealkylation sites (N-methyl/N-ethyl adjacent to an activating group) is 1. The van der Waals surface area contributed by atoms with E-state index in [1.165, 1.54) is 16.7 Å². The molecule has 0 unspecified atom stereocenters. The van der Waals surface area contributed by atoms with Gasteiger partial charge in [-0.25, -0.2) is 0 Å². The molecule has 2 rings (SSSR count). The molecule has 2 heteroatoms. The molecule has 0 aliphatic carbocycles. The molecular weight excluding hydrogens is 258 g/mol. The van der Waals surface area contributed by atoms with Crippen molar-refractivity contribution in [3.8, 4) is 11.1 Å². The molecule has 0 fully saturated rings. The average molecular weight is 283 g/mol. The number of hydrogen-bond acceptors (Lipinski definition) is 2. The minimum absolute atomic E-state index is 0.653. The Kier molecular flexibility index (Phi) is 5.16. The van der Waals surface area contributed by atoms with Crippen molar-refractivity contribution in [2.45, 2.75) is 32.9 Å². The number of benzene rings is 2. The summed E-state index contributed by atoms with van der Waals surface area (Å²) in [5.74, 6) is 0. The zero-order chi connectivity index (χ0) is 15.3. The van der Waals surface area contributed by atoms with Gasteiger partial charge in [0.05, 0.1) is 5.60 Å². The van der Waals surface area contributed by atoms with Crippen molar-refractivity contribution in [3.05, 3.63) is 60.2 Å². The Hall–Kier alpha value is -1.64. The van der Waals surface area contributed by atoms with Crippen LogP contribution in [0.25, 0.3) is 11.1 Å². The third-order valence-corrected chi connectivity index (χ3v) is 3.52. The molecule has 0 radical (unpaired) electrons. The highest BCUT2D eigenvalue weighted by atomic mass is 16.3. The first-order valence-electron chi connectivity index (χ1n) is 7.57. The van der Waals surface area contributed by atoms with E-state index in [9.17, 15) is 5.11 Å². The highest BCUT2D eigenvalue weighted by Gasteiger charge is 2.17. The van der Waals surface area contributed by atoms with E-state index < -0.39 is 5.60 Å². The van der Waals surface area contributed by atoms with E-state index in [4.69, 9.17) is 0 Å². The Morgan fingerprint density at radius 1 is 0.905 bits per heavy atom. The lowest BCUT2D eigenvalue weighted by atomic mass is 10.0. The smallest absolute Gasteiger partial charge is 0.0718 e. The fourth-order valence-corrected chi connectivity index (χ4v) is 2.52. The molecule has 0 aliphatic heterocycles. The summed E-state index contributed by atoms with van der Waals surface area (Å²) in [5, 5.41) is 9.95. The monoisotopic (exact) mass is 283 g/mol. The summed E-state index contributed by atoms with van der Waals surface area (Å²) in [6.07, 6.45) is 0. The molecule has 0 saturated carbocycles. The molecule has 0 amide bonds. The Morgan fingerprint density at radius 3 is 2.00 bits per heavy atom. The minimum atomic E-state index is -0.653. The maximum absolute atomic E-state index is 9.95. The molecule has 112 valence electrons. The topological polar surface area (TPSA) is 23.5 Å². The molecule has 21 heavy (non-hydrogen) atoms. The predicted molar refractivity (Wildman–Crippen MR) is 89.1 cm³/mol. The Morgan fingerprint density at radius 2 is 1.48 bits per heavy atom. The van der Waals surface area contributed by atoms with Crippen molar-refractivity contribution < 1.29 is 5.11 Å². The van der Waals surface area contributed by atoms with Crippen LogP contribution in [-0.4, -0.2) is 28.7 Å². The molecule has 0 aromatic heterocycles. The van der Waals surface area contributed by atoms with Crippen LogP contribution in [0.5, 0.6) is 0 Å². The van der Waals surface area contributed by atoms with Crippen molar-refractivity contribution in [3.63, 3.8) is 0 Å². The zero-order valence-electron chi connectivity index (χ0n) is 13.2. The third kappa shape index (κ3) is 5.00. The van der Waals surface area contributed by atoms with Crippen LogP contribution in [0.1, 0.15) is 26.3 Å². The van der Waals surface area contributed by atoms with Gasteiger partial charge < -0.3 is 5.11 Å². The second-order valence-corrected chi connectivity index (χ2v) is 6.18. The van der Waals surface area contributed by atoms with Crippen LogP contribution in [0.15, 0.2) is 54.6 Å². The predicted octanol–water partition coefficient (Wildman–Crippen LogP) is 3.95. The fourth-order valence-electron chi connectivity index (χ4n) is 2.52. The quantitative estimate of drug-likeness (QED) is 0.868. The molecule has 0 saturated heterocycles. The van der Waals surface area contributed by atoms with Gasteiger partial charge >= 0.3 is 0 Å². The third-order valence-electron chi connectivity index (χ3n) is 3.52. The lowest BCUT2D eigenvalue weighted by Crippen LogP contribution is -2.38. The summed E-state index contributed by atoms with van der Waals surface area (Å²) >= 11 is 0. The van der Waals surface area contributed by atoms with Crippen LogP contribution in [-0.2, 0) is 6.54 Å². The summed E-state index contributed by atoms with van der Waals surface area (Å²) in [4.78, 5) is 2.26. The first kappa shape index (κ1) is 15.7. The minimum Gasteiger partial charge on any atom is -0.389 e. The van der Waals surface area contributed by atoms with Gasteiger partial charge in [-0.3, -0.25) is 4.90 Å². The molecule has 1 N–H and O–H groups in total. The normalized spacial score (nSPS) is 11.9. The SMILES string of the molecule is CCN(Cc1ccc(-c2ccccc2)cc1)CC(C)(C)O. The van der Waals surface area contributed by atoms with Crippen LogP contribution in [0, 0.1) is 0 Å². The molecule has 0 aliphatic rings. The van der Waals surface area contributed by atoms with Gasteiger partial charge in [0.2, 0.25) is 0 Å².